The second kappa shape index (κ2) is 10.1. The van der Waals surface area contributed by atoms with Crippen molar-refractivity contribution in [2.24, 2.45) is 0 Å². The predicted octanol–water partition coefficient (Wildman–Crippen LogP) is 4.41. The second-order valence-electron chi connectivity index (χ2n) is 7.23. The monoisotopic (exact) mass is 508 g/mol. The van der Waals surface area contributed by atoms with E-state index in [0.29, 0.717) is 27.4 Å². The molecule has 12 heteroatoms. The van der Waals surface area contributed by atoms with Crippen LogP contribution in [0.2, 0.25) is 5.02 Å². The number of sulfonamides is 1. The van der Waals surface area contributed by atoms with Crippen LogP contribution in [0.4, 0.5) is 18.9 Å². The second-order valence-corrected chi connectivity index (χ2v) is 9.50. The highest BCUT2D eigenvalue weighted by Gasteiger charge is 2.36. The largest absolute Gasteiger partial charge is 0.497 e. The number of ether oxygens (including phenoxy) is 2. The maximum Gasteiger partial charge on any atom is 0.417 e. The highest BCUT2D eigenvalue weighted by Crippen LogP contribution is 2.38. The number of amides is 1. The van der Waals surface area contributed by atoms with Crippen molar-refractivity contribution in [1.29, 1.82) is 0 Å². The Kier molecular flexibility index (Phi) is 8.13. The Morgan fingerprint density at radius 2 is 1.73 bits per heavy atom. The lowest BCUT2D eigenvalue weighted by Crippen LogP contribution is -2.48. The molecule has 0 radical (unpaired) electrons. The number of carbonyl (C=O) groups excluding carboxylic acids is 1. The van der Waals surface area contributed by atoms with E-state index >= 15 is 0 Å². The molecule has 0 aliphatic rings. The number of benzene rings is 2. The maximum absolute atomic E-state index is 13.3. The van der Waals surface area contributed by atoms with Gasteiger partial charge in [0, 0.05) is 5.56 Å². The van der Waals surface area contributed by atoms with E-state index in [1.807, 2.05) is 0 Å². The normalized spacial score (nSPS) is 13.7. The fraction of sp³-hybridized carbons (Fsp3) is 0.381. The summed E-state index contributed by atoms with van der Waals surface area (Å²) in [6.45, 7) is 2.92. The Balaban J connectivity index is 2.40. The van der Waals surface area contributed by atoms with E-state index in [0.717, 1.165) is 18.4 Å². The van der Waals surface area contributed by atoms with Crippen LogP contribution in [0.3, 0.4) is 0 Å². The topological polar surface area (TPSA) is 84.9 Å². The van der Waals surface area contributed by atoms with E-state index in [1.54, 1.807) is 25.1 Å². The molecule has 2 aromatic rings. The van der Waals surface area contributed by atoms with E-state index in [4.69, 9.17) is 21.1 Å². The molecule has 2 aromatic carbocycles. The summed E-state index contributed by atoms with van der Waals surface area (Å²) in [4.78, 5) is 13.0. The first kappa shape index (κ1) is 26.6. The molecule has 0 spiro atoms. The number of nitrogens with one attached hydrogen (secondary N) is 1. The zero-order valence-corrected chi connectivity index (χ0v) is 20.1. The van der Waals surface area contributed by atoms with Gasteiger partial charge in [0.25, 0.3) is 0 Å². The summed E-state index contributed by atoms with van der Waals surface area (Å²) < 4.78 is 75.9. The van der Waals surface area contributed by atoms with Gasteiger partial charge in [0.1, 0.15) is 17.5 Å². The van der Waals surface area contributed by atoms with Crippen LogP contribution >= 0.6 is 11.6 Å². The summed E-state index contributed by atoms with van der Waals surface area (Å²) in [5.74, 6) is 0.239. The molecule has 33 heavy (non-hydrogen) atoms. The lowest BCUT2D eigenvalue weighted by atomic mass is 10.1. The molecule has 2 atom stereocenters. The van der Waals surface area contributed by atoms with Crippen LogP contribution in [0.1, 0.15) is 31.0 Å². The van der Waals surface area contributed by atoms with Crippen molar-refractivity contribution in [1.82, 2.24) is 5.32 Å². The van der Waals surface area contributed by atoms with Gasteiger partial charge in [0.15, 0.2) is 0 Å². The summed E-state index contributed by atoms with van der Waals surface area (Å²) in [6, 6.07) is 5.60. The van der Waals surface area contributed by atoms with Crippen LogP contribution < -0.4 is 19.1 Å². The zero-order chi connectivity index (χ0) is 25.1. The molecular weight excluding hydrogens is 485 g/mol. The van der Waals surface area contributed by atoms with Crippen molar-refractivity contribution in [3.63, 3.8) is 0 Å². The zero-order valence-electron chi connectivity index (χ0n) is 18.5. The summed E-state index contributed by atoms with van der Waals surface area (Å²) in [5, 5.41) is 2.08. The number of rotatable bonds is 8. The quantitative estimate of drug-likeness (QED) is 0.571. The lowest BCUT2D eigenvalue weighted by Gasteiger charge is -2.30. The molecule has 0 aliphatic carbocycles. The third-order valence-electron chi connectivity index (χ3n) is 4.86. The standard InChI is InChI=1S/C21H24ClF3N2O5S/c1-12(16-11-15(31-3)7-9-19(16)32-4)26-20(28)13(2)27(33(5,29)30)14-6-8-18(22)17(10-14)21(23,24)25/h6-13H,1-5H3,(H,26,28)/t12-,13-/m1/s1. The number of nitrogens with zero attached hydrogens (tertiary/aromatic N) is 1. The van der Waals surface area contributed by atoms with Crippen molar-refractivity contribution >= 4 is 33.2 Å². The Hall–Kier alpha value is -2.66. The van der Waals surface area contributed by atoms with Gasteiger partial charge in [-0.15, -0.1) is 0 Å². The third kappa shape index (κ3) is 6.23. The summed E-state index contributed by atoms with van der Waals surface area (Å²) in [7, 11) is -1.22. The first-order valence-corrected chi connectivity index (χ1v) is 11.8. The van der Waals surface area contributed by atoms with Gasteiger partial charge in [-0.05, 0) is 50.2 Å². The Bertz CT molecular complexity index is 1130. The molecule has 1 amide bonds. The number of halogens is 4. The summed E-state index contributed by atoms with van der Waals surface area (Å²) >= 11 is 5.64. The van der Waals surface area contributed by atoms with Crippen LogP contribution in [-0.4, -0.2) is 40.8 Å². The SMILES string of the molecule is COc1ccc(OC)c([C@@H](C)NC(=O)[C@@H](C)N(c2ccc(Cl)c(C(F)(F)F)c2)S(C)(=O)=O)c1. The third-order valence-corrected chi connectivity index (χ3v) is 6.43. The molecule has 0 bridgehead atoms. The molecule has 0 heterocycles. The van der Waals surface area contributed by atoms with Crippen LogP contribution in [-0.2, 0) is 21.0 Å². The molecular formula is C21H24ClF3N2O5S. The Morgan fingerprint density at radius 1 is 1.09 bits per heavy atom. The first-order chi connectivity index (χ1) is 15.2. The molecule has 0 aliphatic heterocycles. The van der Waals surface area contributed by atoms with Gasteiger partial charge in [0.2, 0.25) is 15.9 Å². The minimum absolute atomic E-state index is 0.344. The highest BCUT2D eigenvalue weighted by atomic mass is 35.5. The van der Waals surface area contributed by atoms with Crippen molar-refractivity contribution in [3.05, 3.63) is 52.5 Å². The van der Waals surface area contributed by atoms with Gasteiger partial charge in [-0.2, -0.15) is 13.2 Å². The number of methoxy groups -OCH3 is 2. The minimum Gasteiger partial charge on any atom is -0.497 e. The molecule has 7 nitrogen and oxygen atoms in total. The van der Waals surface area contributed by atoms with Gasteiger partial charge in [-0.1, -0.05) is 11.6 Å². The highest BCUT2D eigenvalue weighted by molar-refractivity contribution is 7.92. The fourth-order valence-corrected chi connectivity index (χ4v) is 4.66. The summed E-state index contributed by atoms with van der Waals surface area (Å²) in [6.07, 6.45) is -4.01. The number of carbonyl (C=O) groups is 1. The molecule has 0 saturated carbocycles. The van der Waals surface area contributed by atoms with Crippen LogP contribution in [0.5, 0.6) is 11.5 Å². The number of anilines is 1. The average Bonchev–Trinajstić information content (AvgIpc) is 2.72. The Labute approximate surface area is 195 Å². The van der Waals surface area contributed by atoms with Crippen molar-refractivity contribution in [3.8, 4) is 11.5 Å². The molecule has 2 rings (SSSR count). The fourth-order valence-electron chi connectivity index (χ4n) is 3.27. The van der Waals surface area contributed by atoms with Crippen molar-refractivity contribution < 1.29 is 35.9 Å². The van der Waals surface area contributed by atoms with Gasteiger partial charge >= 0.3 is 6.18 Å². The van der Waals surface area contributed by atoms with E-state index in [9.17, 15) is 26.4 Å². The van der Waals surface area contributed by atoms with Gasteiger partial charge in [0.05, 0.1) is 42.8 Å². The number of hydrogen-bond acceptors (Lipinski definition) is 5. The van der Waals surface area contributed by atoms with Crippen molar-refractivity contribution in [2.75, 3.05) is 24.8 Å². The molecule has 0 saturated heterocycles. The van der Waals surface area contributed by atoms with Crippen LogP contribution in [0.15, 0.2) is 36.4 Å². The first-order valence-electron chi connectivity index (χ1n) is 9.59. The number of alkyl halides is 3. The van der Waals surface area contributed by atoms with Gasteiger partial charge < -0.3 is 14.8 Å². The molecule has 0 aromatic heterocycles. The van der Waals surface area contributed by atoms with Gasteiger partial charge in [-0.25, -0.2) is 8.42 Å². The minimum atomic E-state index is -4.81. The van der Waals surface area contributed by atoms with E-state index in [-0.39, 0.29) is 5.69 Å². The molecule has 0 unspecified atom stereocenters. The smallest absolute Gasteiger partial charge is 0.417 e. The van der Waals surface area contributed by atoms with E-state index in [1.165, 1.54) is 21.1 Å². The maximum atomic E-state index is 13.3. The van der Waals surface area contributed by atoms with E-state index in [2.05, 4.69) is 5.32 Å². The molecule has 182 valence electrons. The lowest BCUT2D eigenvalue weighted by molar-refractivity contribution is -0.137. The van der Waals surface area contributed by atoms with Crippen LogP contribution in [0, 0.1) is 0 Å². The average molecular weight is 509 g/mol. The number of hydrogen-bond donors (Lipinski definition) is 1. The summed E-state index contributed by atoms with van der Waals surface area (Å²) in [5.41, 5.74) is -0.991. The van der Waals surface area contributed by atoms with E-state index < -0.39 is 44.8 Å². The van der Waals surface area contributed by atoms with Gasteiger partial charge in [-0.3, -0.25) is 9.10 Å². The molecule has 0 fully saturated rings. The predicted molar refractivity (Wildman–Crippen MR) is 119 cm³/mol. The van der Waals surface area contributed by atoms with Crippen molar-refractivity contribution in [2.45, 2.75) is 32.1 Å². The molecule has 1 N–H and O–H groups in total. The Morgan fingerprint density at radius 3 is 2.24 bits per heavy atom. The van der Waals surface area contributed by atoms with Crippen LogP contribution in [0.25, 0.3) is 0 Å².